The van der Waals surface area contributed by atoms with Crippen LogP contribution in [0.3, 0.4) is 0 Å². The van der Waals surface area contributed by atoms with Crippen molar-refractivity contribution >= 4 is 39.6 Å². The molecule has 1 N–H and O–H groups in total. The fraction of sp³-hybridized carbons (Fsp3) is 0.318. The third kappa shape index (κ3) is 5.37. The summed E-state index contributed by atoms with van der Waals surface area (Å²) in [6, 6.07) is 17.0. The van der Waals surface area contributed by atoms with Crippen LogP contribution in [0.25, 0.3) is 0 Å². The number of carboxylic acids is 1. The summed E-state index contributed by atoms with van der Waals surface area (Å²) >= 11 is 1.55. The Morgan fingerprint density at radius 3 is 2.30 bits per heavy atom. The van der Waals surface area contributed by atoms with Gasteiger partial charge in [-0.05, 0) is 18.6 Å². The van der Waals surface area contributed by atoms with E-state index in [-0.39, 0.29) is 16.9 Å². The number of likely N-dealkylation sites (tertiary alicyclic amines) is 1. The summed E-state index contributed by atoms with van der Waals surface area (Å²) < 4.78 is 12.5. The van der Waals surface area contributed by atoms with Crippen LogP contribution in [0.2, 0.25) is 0 Å². The van der Waals surface area contributed by atoms with Crippen molar-refractivity contribution in [2.75, 3.05) is 12.3 Å². The van der Waals surface area contributed by atoms with Gasteiger partial charge in [0, 0.05) is 33.9 Å². The molecule has 1 unspecified atom stereocenters. The van der Waals surface area contributed by atoms with E-state index in [1.54, 1.807) is 49.0 Å². The number of hydrogen-bond donors (Lipinski definition) is 1. The molecule has 1 aliphatic rings. The van der Waals surface area contributed by atoms with Gasteiger partial charge in [0.15, 0.2) is 0 Å². The molecule has 158 valence electrons. The van der Waals surface area contributed by atoms with Gasteiger partial charge in [-0.1, -0.05) is 55.5 Å². The number of amides is 1. The van der Waals surface area contributed by atoms with Crippen molar-refractivity contribution in [3.63, 3.8) is 0 Å². The van der Waals surface area contributed by atoms with E-state index < -0.39 is 33.8 Å². The Morgan fingerprint density at radius 2 is 1.70 bits per heavy atom. The van der Waals surface area contributed by atoms with Gasteiger partial charge in [-0.25, -0.2) is 4.79 Å². The van der Waals surface area contributed by atoms with Crippen molar-refractivity contribution < 1.29 is 23.7 Å². The molecule has 1 heterocycles. The molecule has 0 radical (unpaired) electrons. The molecule has 1 saturated heterocycles. The zero-order valence-electron chi connectivity index (χ0n) is 16.5. The number of hydrogen-bond acceptors (Lipinski definition) is 5. The predicted molar refractivity (Wildman–Crippen MR) is 117 cm³/mol. The van der Waals surface area contributed by atoms with Gasteiger partial charge < -0.3 is 10.0 Å². The van der Waals surface area contributed by atoms with E-state index in [4.69, 9.17) is 0 Å². The SMILES string of the molecule is C[C@@H](CS(=O)C(=O)c1ccccc1)C(=O)N1C[C@@H](Sc2ccccc2)C[C@H]1C(=O)O. The number of benzene rings is 2. The first-order valence-corrected chi connectivity index (χ1v) is 11.8. The first kappa shape index (κ1) is 22.2. The Bertz CT molecular complexity index is 935. The van der Waals surface area contributed by atoms with Gasteiger partial charge in [-0.2, -0.15) is 0 Å². The molecule has 4 atom stereocenters. The number of carbonyl (C=O) groups is 3. The minimum Gasteiger partial charge on any atom is -0.480 e. The average Bonchev–Trinajstić information content (AvgIpc) is 3.18. The van der Waals surface area contributed by atoms with Gasteiger partial charge in [-0.3, -0.25) is 13.8 Å². The van der Waals surface area contributed by atoms with E-state index >= 15 is 0 Å². The van der Waals surface area contributed by atoms with E-state index in [0.29, 0.717) is 18.5 Å². The van der Waals surface area contributed by atoms with Crippen LogP contribution < -0.4 is 0 Å². The average molecular weight is 446 g/mol. The van der Waals surface area contributed by atoms with Crippen molar-refractivity contribution in [3.05, 3.63) is 66.2 Å². The fourth-order valence-electron chi connectivity index (χ4n) is 3.41. The number of aliphatic carboxylic acids is 1. The topological polar surface area (TPSA) is 91.8 Å². The summed E-state index contributed by atoms with van der Waals surface area (Å²) in [7, 11) is -1.87. The quantitative estimate of drug-likeness (QED) is 0.704. The first-order chi connectivity index (χ1) is 14.4. The van der Waals surface area contributed by atoms with E-state index in [9.17, 15) is 23.7 Å². The van der Waals surface area contributed by atoms with Gasteiger partial charge in [0.05, 0.1) is 10.8 Å². The monoisotopic (exact) mass is 445 g/mol. The lowest BCUT2D eigenvalue weighted by molar-refractivity contribution is -0.149. The molecule has 1 aliphatic heterocycles. The van der Waals surface area contributed by atoms with Crippen LogP contribution >= 0.6 is 11.8 Å². The van der Waals surface area contributed by atoms with E-state index in [1.807, 2.05) is 30.3 Å². The van der Waals surface area contributed by atoms with Crippen LogP contribution in [0.4, 0.5) is 0 Å². The predicted octanol–water partition coefficient (Wildman–Crippen LogP) is 3.06. The summed E-state index contributed by atoms with van der Waals surface area (Å²) in [4.78, 5) is 39.4. The molecule has 1 fully saturated rings. The molecule has 2 aromatic rings. The number of carbonyl (C=O) groups excluding carboxylic acids is 2. The van der Waals surface area contributed by atoms with Crippen molar-refractivity contribution in [2.24, 2.45) is 5.92 Å². The molecule has 2 aromatic carbocycles. The minimum absolute atomic E-state index is 0.0406. The second kappa shape index (κ2) is 10.0. The van der Waals surface area contributed by atoms with Gasteiger partial charge in [-0.15, -0.1) is 11.8 Å². The number of rotatable bonds is 7. The van der Waals surface area contributed by atoms with Crippen LogP contribution in [0, 0.1) is 5.92 Å². The maximum absolute atomic E-state index is 13.0. The van der Waals surface area contributed by atoms with Gasteiger partial charge >= 0.3 is 5.97 Å². The number of nitrogens with zero attached hydrogens (tertiary/aromatic N) is 1. The molecule has 1 amide bonds. The summed E-state index contributed by atoms with van der Waals surface area (Å²) in [5, 5.41) is 9.03. The molecule has 30 heavy (non-hydrogen) atoms. The van der Waals surface area contributed by atoms with Crippen LogP contribution in [0.15, 0.2) is 65.6 Å². The van der Waals surface area contributed by atoms with Crippen LogP contribution in [0.5, 0.6) is 0 Å². The lowest BCUT2D eigenvalue weighted by Crippen LogP contribution is -2.44. The third-order valence-corrected chi connectivity index (χ3v) is 7.59. The summed E-state index contributed by atoms with van der Waals surface area (Å²) in [6.45, 7) is 1.90. The zero-order chi connectivity index (χ0) is 21.7. The molecular weight excluding hydrogens is 422 g/mol. The molecule has 0 spiro atoms. The van der Waals surface area contributed by atoms with E-state index in [2.05, 4.69) is 0 Å². The Kier molecular flexibility index (Phi) is 7.44. The fourth-order valence-corrected chi connectivity index (χ4v) is 5.77. The summed E-state index contributed by atoms with van der Waals surface area (Å²) in [5.41, 5.74) is 0.333. The van der Waals surface area contributed by atoms with Gasteiger partial charge in [0.2, 0.25) is 11.0 Å². The largest absolute Gasteiger partial charge is 0.480 e. The maximum atomic E-state index is 13.0. The Balaban J connectivity index is 1.65. The normalized spacial score (nSPS) is 20.5. The summed E-state index contributed by atoms with van der Waals surface area (Å²) in [6.07, 6.45) is 0.347. The molecule has 3 rings (SSSR count). The Labute approximate surface area is 182 Å². The van der Waals surface area contributed by atoms with Gasteiger partial charge in [0.25, 0.3) is 0 Å². The Hall–Kier alpha value is -2.45. The van der Waals surface area contributed by atoms with Crippen molar-refractivity contribution in [1.82, 2.24) is 4.90 Å². The summed E-state index contributed by atoms with van der Waals surface area (Å²) in [5.74, 6) is -2.28. The number of thioether (sulfide) groups is 1. The standard InChI is InChI=1S/C22H23NO5S2/c1-15(14-30(28)22(27)16-8-4-2-5-9-16)20(24)23-13-18(12-19(23)21(25)26)29-17-10-6-3-7-11-17/h2-11,15,18-19H,12-14H2,1H3,(H,25,26)/t15-,18-,19-,30?/m0/s1. The van der Waals surface area contributed by atoms with Gasteiger partial charge in [0.1, 0.15) is 6.04 Å². The highest BCUT2D eigenvalue weighted by Gasteiger charge is 2.41. The lowest BCUT2D eigenvalue weighted by Gasteiger charge is -2.24. The molecule has 0 bridgehead atoms. The molecule has 0 saturated carbocycles. The molecule has 8 heteroatoms. The Morgan fingerprint density at radius 1 is 1.10 bits per heavy atom. The molecule has 0 aromatic heterocycles. The smallest absolute Gasteiger partial charge is 0.326 e. The molecule has 0 aliphatic carbocycles. The van der Waals surface area contributed by atoms with Crippen LogP contribution in [-0.2, 0) is 20.4 Å². The highest BCUT2D eigenvalue weighted by atomic mass is 32.2. The van der Waals surface area contributed by atoms with Crippen molar-refractivity contribution in [2.45, 2.75) is 29.5 Å². The van der Waals surface area contributed by atoms with Crippen LogP contribution in [-0.4, -0.2) is 54.8 Å². The second-order valence-electron chi connectivity index (χ2n) is 7.20. The highest BCUT2D eigenvalue weighted by molar-refractivity contribution is 8.01. The second-order valence-corrected chi connectivity index (χ2v) is 9.97. The van der Waals surface area contributed by atoms with Crippen LogP contribution in [0.1, 0.15) is 23.7 Å². The lowest BCUT2D eigenvalue weighted by atomic mass is 10.1. The first-order valence-electron chi connectivity index (χ1n) is 9.59. The maximum Gasteiger partial charge on any atom is 0.326 e. The van der Waals surface area contributed by atoms with E-state index in [0.717, 1.165) is 4.90 Å². The number of carboxylic acid groups (broad SMARTS) is 1. The zero-order valence-corrected chi connectivity index (χ0v) is 18.1. The van der Waals surface area contributed by atoms with Crippen molar-refractivity contribution in [3.8, 4) is 0 Å². The molecular formula is C22H23NO5S2. The van der Waals surface area contributed by atoms with E-state index in [1.165, 1.54) is 4.90 Å². The minimum atomic E-state index is -1.87. The highest BCUT2D eigenvalue weighted by Crippen LogP contribution is 2.33. The molecule has 6 nitrogen and oxygen atoms in total. The third-order valence-electron chi connectivity index (χ3n) is 4.92. The van der Waals surface area contributed by atoms with Crippen molar-refractivity contribution in [1.29, 1.82) is 0 Å².